The molecule has 10 nitrogen and oxygen atoms in total. The minimum atomic E-state index is -0.339. The van der Waals surface area contributed by atoms with E-state index in [4.69, 9.17) is 34.9 Å². The number of pyridine rings is 2. The maximum absolute atomic E-state index is 5.36. The van der Waals surface area contributed by atoms with Gasteiger partial charge in [0.05, 0.1) is 22.1 Å². The number of benzene rings is 7. The van der Waals surface area contributed by atoms with Crippen LogP contribution in [0.15, 0.2) is 228 Å². The molecule has 1 atom stereocenters. The molecule has 0 amide bonds. The fraction of sp³-hybridized carbons (Fsp3) is 0.0172. The standard InChI is InChI=1S/C58H38N10/c1-5-19-37(20-6-1)53-61-54(38-21-7-2-8-22-38)64-57(63-53)43-29-17-33-49(59-43)67-45-31-15-13-27-41(45)51-47(67)35-36-48-52(51)42-28-14-16-32-46(42)68(48)50-34-18-30-44(60-50)58-65-55(39-23-9-3-10-24-39)62-56(66-58)40-25-11-4-12-26-40/h1-36,53H,(H,61,63,64). The molecule has 1 N–H and O–H groups in total. The van der Waals surface area contributed by atoms with Gasteiger partial charge in [0.25, 0.3) is 0 Å². The number of aliphatic imine (C=N–C) groups is 2. The van der Waals surface area contributed by atoms with Crippen LogP contribution >= 0.6 is 0 Å². The Hall–Kier alpha value is -9.41. The van der Waals surface area contributed by atoms with Gasteiger partial charge in [-0.2, -0.15) is 0 Å². The van der Waals surface area contributed by atoms with Crippen molar-refractivity contribution < 1.29 is 0 Å². The minimum absolute atomic E-state index is 0.339. The monoisotopic (exact) mass is 874 g/mol. The molecule has 68 heavy (non-hydrogen) atoms. The normalized spacial score (nSPS) is 13.7. The second-order valence-corrected chi connectivity index (χ2v) is 16.6. The Morgan fingerprint density at radius 2 is 0.809 bits per heavy atom. The summed E-state index contributed by atoms with van der Waals surface area (Å²) < 4.78 is 4.51. The SMILES string of the molecule is c1ccc(C2=NC(c3ccccc3)NC(c3cccc(-n4c5ccccc5c5c6c7ccccc7n(-c7cccc(-c8nc(-c9ccccc9)nc(-c9ccccc9)n8)n7)c6ccc54)n3)=N2)cc1. The molecule has 0 saturated heterocycles. The highest BCUT2D eigenvalue weighted by Crippen LogP contribution is 2.42. The van der Waals surface area contributed by atoms with Crippen LogP contribution in [0.1, 0.15) is 23.0 Å². The Labute approximate surface area is 390 Å². The summed E-state index contributed by atoms with van der Waals surface area (Å²) in [7, 11) is 0. The highest BCUT2D eigenvalue weighted by molar-refractivity contribution is 6.28. The number of hydrogen-bond donors (Lipinski definition) is 1. The summed E-state index contributed by atoms with van der Waals surface area (Å²) in [5, 5.41) is 8.09. The van der Waals surface area contributed by atoms with Crippen molar-refractivity contribution in [1.82, 2.24) is 39.4 Å². The average Bonchev–Trinajstić information content (AvgIpc) is 3.95. The van der Waals surface area contributed by atoms with Gasteiger partial charge in [0, 0.05) is 38.2 Å². The average molecular weight is 875 g/mol. The van der Waals surface area contributed by atoms with Crippen LogP contribution in [-0.4, -0.2) is 45.7 Å². The highest BCUT2D eigenvalue weighted by Gasteiger charge is 2.25. The lowest BCUT2D eigenvalue weighted by Crippen LogP contribution is -2.34. The summed E-state index contributed by atoms with van der Waals surface area (Å²) in [6.45, 7) is 0. The van der Waals surface area contributed by atoms with Crippen molar-refractivity contribution in [2.45, 2.75) is 6.17 Å². The zero-order valence-electron chi connectivity index (χ0n) is 36.4. The Bertz CT molecular complexity index is 3880. The zero-order valence-corrected chi connectivity index (χ0v) is 36.4. The summed E-state index contributed by atoms with van der Waals surface area (Å²) in [6, 6.07) is 74.1. The van der Waals surface area contributed by atoms with Gasteiger partial charge in [-0.25, -0.2) is 34.9 Å². The molecular weight excluding hydrogens is 837 g/mol. The van der Waals surface area contributed by atoms with E-state index < -0.39 is 0 Å². The first-order valence-electron chi connectivity index (χ1n) is 22.5. The molecule has 1 unspecified atom stereocenters. The third-order valence-corrected chi connectivity index (χ3v) is 12.5. The van der Waals surface area contributed by atoms with E-state index in [0.717, 1.165) is 77.5 Å². The van der Waals surface area contributed by atoms with Gasteiger partial charge in [0.15, 0.2) is 29.1 Å². The van der Waals surface area contributed by atoms with Crippen LogP contribution in [0.25, 0.3) is 89.5 Å². The van der Waals surface area contributed by atoms with E-state index >= 15 is 0 Å². The first-order valence-corrected chi connectivity index (χ1v) is 22.5. The first kappa shape index (κ1) is 39.0. The molecule has 10 heteroatoms. The maximum Gasteiger partial charge on any atom is 0.182 e. The molecular formula is C58H38N10. The number of hydrogen-bond acceptors (Lipinski definition) is 8. The third-order valence-electron chi connectivity index (χ3n) is 12.5. The molecule has 13 rings (SSSR count). The molecule has 320 valence electrons. The molecule has 7 aromatic carbocycles. The van der Waals surface area contributed by atoms with Crippen LogP contribution in [0.4, 0.5) is 0 Å². The molecule has 1 aliphatic heterocycles. The lowest BCUT2D eigenvalue weighted by Gasteiger charge is -2.23. The second kappa shape index (κ2) is 16.2. The van der Waals surface area contributed by atoms with Crippen molar-refractivity contribution in [2.75, 3.05) is 0 Å². The molecule has 1 aliphatic rings. The Kier molecular flexibility index (Phi) is 9.31. The number of amidine groups is 2. The van der Waals surface area contributed by atoms with Crippen molar-refractivity contribution in [3.05, 3.63) is 235 Å². The van der Waals surface area contributed by atoms with Crippen molar-refractivity contribution in [3.63, 3.8) is 0 Å². The molecule has 6 heterocycles. The Balaban J connectivity index is 0.964. The van der Waals surface area contributed by atoms with Crippen molar-refractivity contribution in [3.8, 4) is 45.9 Å². The summed E-state index contributed by atoms with van der Waals surface area (Å²) in [6.07, 6.45) is -0.339. The maximum atomic E-state index is 5.36. The zero-order chi connectivity index (χ0) is 45.0. The highest BCUT2D eigenvalue weighted by atomic mass is 15.2. The fourth-order valence-corrected chi connectivity index (χ4v) is 9.39. The van der Waals surface area contributed by atoms with E-state index in [0.29, 0.717) is 40.5 Å². The van der Waals surface area contributed by atoms with E-state index in [9.17, 15) is 0 Å². The van der Waals surface area contributed by atoms with Gasteiger partial charge >= 0.3 is 0 Å². The first-order chi connectivity index (χ1) is 33.7. The minimum Gasteiger partial charge on any atom is -0.343 e. The Morgan fingerprint density at radius 3 is 1.37 bits per heavy atom. The molecule has 0 spiro atoms. The number of fused-ring (bicyclic) bond motifs is 7. The van der Waals surface area contributed by atoms with E-state index in [-0.39, 0.29) is 6.17 Å². The molecule has 0 saturated carbocycles. The van der Waals surface area contributed by atoms with Gasteiger partial charge in [-0.05, 0) is 54.1 Å². The molecule has 0 fully saturated rings. The van der Waals surface area contributed by atoms with Crippen LogP contribution in [0, 0.1) is 0 Å². The van der Waals surface area contributed by atoms with Crippen LogP contribution in [0.3, 0.4) is 0 Å². The fourth-order valence-electron chi connectivity index (χ4n) is 9.39. The van der Waals surface area contributed by atoms with Crippen molar-refractivity contribution in [1.29, 1.82) is 0 Å². The van der Waals surface area contributed by atoms with E-state index in [1.165, 1.54) is 0 Å². The summed E-state index contributed by atoms with van der Waals surface area (Å²) in [5.41, 5.74) is 9.28. The van der Waals surface area contributed by atoms with Gasteiger partial charge in [-0.15, -0.1) is 0 Å². The smallest absolute Gasteiger partial charge is 0.182 e. The van der Waals surface area contributed by atoms with Crippen LogP contribution in [0.2, 0.25) is 0 Å². The van der Waals surface area contributed by atoms with Gasteiger partial charge in [-0.3, -0.25) is 9.13 Å². The van der Waals surface area contributed by atoms with Crippen LogP contribution < -0.4 is 5.32 Å². The summed E-state index contributed by atoms with van der Waals surface area (Å²) in [5.74, 6) is 4.50. The Morgan fingerprint density at radius 1 is 0.353 bits per heavy atom. The van der Waals surface area contributed by atoms with Gasteiger partial charge in [0.2, 0.25) is 0 Å². The van der Waals surface area contributed by atoms with Crippen LogP contribution in [-0.2, 0) is 0 Å². The topological polar surface area (TPSA) is 111 Å². The number of aromatic nitrogens is 7. The molecule has 0 aliphatic carbocycles. The molecule has 5 aromatic heterocycles. The number of rotatable bonds is 8. The largest absolute Gasteiger partial charge is 0.343 e. The number of nitrogens with zero attached hydrogens (tertiary/aromatic N) is 9. The van der Waals surface area contributed by atoms with Crippen LogP contribution in [0.5, 0.6) is 0 Å². The van der Waals surface area contributed by atoms with Gasteiger partial charge < -0.3 is 5.32 Å². The van der Waals surface area contributed by atoms with E-state index in [2.05, 4.69) is 99.4 Å². The van der Waals surface area contributed by atoms with Gasteiger partial charge in [0.1, 0.15) is 29.2 Å². The summed E-state index contributed by atoms with van der Waals surface area (Å²) >= 11 is 0. The predicted octanol–water partition coefficient (Wildman–Crippen LogP) is 12.4. The second-order valence-electron chi connectivity index (χ2n) is 16.6. The van der Waals surface area contributed by atoms with Gasteiger partial charge in [-0.1, -0.05) is 170 Å². The molecule has 0 radical (unpaired) electrons. The van der Waals surface area contributed by atoms with Crippen molar-refractivity contribution in [2.24, 2.45) is 9.98 Å². The number of para-hydroxylation sites is 2. The third kappa shape index (κ3) is 6.70. The lowest BCUT2D eigenvalue weighted by atomic mass is 10.1. The van der Waals surface area contributed by atoms with E-state index in [1.54, 1.807) is 0 Å². The van der Waals surface area contributed by atoms with E-state index in [1.807, 2.05) is 133 Å². The lowest BCUT2D eigenvalue weighted by molar-refractivity contribution is 0.672. The quantitative estimate of drug-likeness (QED) is 0.163. The molecule has 12 aromatic rings. The predicted molar refractivity (Wildman–Crippen MR) is 272 cm³/mol. The van der Waals surface area contributed by atoms with Crippen molar-refractivity contribution >= 4 is 55.3 Å². The number of nitrogens with one attached hydrogen (secondary N) is 1. The summed E-state index contributed by atoms with van der Waals surface area (Å²) in [4.78, 5) is 35.7. The molecule has 0 bridgehead atoms.